The number of rotatable bonds is 3. The molecule has 1 heterocycles. The molecule has 0 fully saturated rings. The van der Waals surface area contributed by atoms with Crippen molar-refractivity contribution in [2.45, 2.75) is 20.8 Å². The van der Waals surface area contributed by atoms with Crippen LogP contribution in [0.15, 0.2) is 53.4 Å². The number of allylic oxidation sites excluding steroid dienone is 2. The Morgan fingerprint density at radius 3 is 2.36 bits per heavy atom. The number of ketones is 1. The van der Waals surface area contributed by atoms with Crippen molar-refractivity contribution in [1.29, 1.82) is 0 Å². The number of Topliss-reactive ketones (excluding diaryl/α,β-unsaturated/α-hetero) is 1. The first kappa shape index (κ1) is 20.2. The van der Waals surface area contributed by atoms with Crippen LogP contribution in [0.5, 0.6) is 0 Å². The van der Waals surface area contributed by atoms with Gasteiger partial charge in [-0.1, -0.05) is 35.3 Å². The highest BCUT2D eigenvalue weighted by atomic mass is 35.5. The summed E-state index contributed by atoms with van der Waals surface area (Å²) in [6.07, 6.45) is 1.66. The molecule has 0 N–H and O–H groups in total. The number of hydrogen-bond acceptors (Lipinski definition) is 4. The summed E-state index contributed by atoms with van der Waals surface area (Å²) in [6, 6.07) is 10.9. The average molecular weight is 416 g/mol. The number of anilines is 1. The lowest BCUT2D eigenvalue weighted by molar-refractivity contribution is -0.137. The molecular weight excluding hydrogens is 397 g/mol. The van der Waals surface area contributed by atoms with Gasteiger partial charge in [0.2, 0.25) is 5.78 Å². The monoisotopic (exact) mass is 415 g/mol. The van der Waals surface area contributed by atoms with Gasteiger partial charge in [-0.25, -0.2) is 4.79 Å². The van der Waals surface area contributed by atoms with E-state index in [4.69, 9.17) is 27.9 Å². The number of carbonyl (C=O) groups excluding carboxylic acids is 2. The fourth-order valence-corrected chi connectivity index (χ4v) is 3.59. The van der Waals surface area contributed by atoms with E-state index in [1.54, 1.807) is 36.1 Å². The van der Waals surface area contributed by atoms with Crippen LogP contribution in [0.3, 0.4) is 0 Å². The van der Waals surface area contributed by atoms with E-state index in [2.05, 4.69) is 0 Å². The molecule has 1 aliphatic rings. The fourth-order valence-electron chi connectivity index (χ4n) is 3.12. The third kappa shape index (κ3) is 3.58. The van der Waals surface area contributed by atoms with Crippen LogP contribution in [0.25, 0.3) is 6.08 Å². The molecule has 3 rings (SSSR count). The zero-order valence-electron chi connectivity index (χ0n) is 16.0. The SMILES string of the molecule is COC(=O)C1=C(C)N(c2ccc(C)c(C)c2)/C(=C/c2ccc(Cl)cc2Cl)C1=O. The van der Waals surface area contributed by atoms with Gasteiger partial charge in [0, 0.05) is 21.4 Å². The molecule has 0 bridgehead atoms. The number of ether oxygens (including phenoxy) is 1. The van der Waals surface area contributed by atoms with Crippen molar-refractivity contribution in [3.05, 3.63) is 80.1 Å². The van der Waals surface area contributed by atoms with E-state index >= 15 is 0 Å². The lowest BCUT2D eigenvalue weighted by atomic mass is 10.1. The first-order valence-electron chi connectivity index (χ1n) is 8.62. The molecular formula is C22H19Cl2NO3. The summed E-state index contributed by atoms with van der Waals surface area (Å²) in [5.74, 6) is -1.07. The number of benzene rings is 2. The quantitative estimate of drug-likeness (QED) is 0.377. The molecule has 2 aromatic carbocycles. The third-order valence-electron chi connectivity index (χ3n) is 4.79. The minimum absolute atomic E-state index is 0.0112. The van der Waals surface area contributed by atoms with Gasteiger partial charge >= 0.3 is 5.97 Å². The molecule has 0 saturated heterocycles. The first-order chi connectivity index (χ1) is 13.2. The van der Waals surface area contributed by atoms with Gasteiger partial charge in [0.05, 0.1) is 12.8 Å². The highest BCUT2D eigenvalue weighted by Gasteiger charge is 2.38. The molecule has 0 aliphatic carbocycles. The normalized spacial score (nSPS) is 15.6. The van der Waals surface area contributed by atoms with Crippen LogP contribution in [0.4, 0.5) is 5.69 Å². The number of carbonyl (C=O) groups is 2. The van der Waals surface area contributed by atoms with E-state index in [1.165, 1.54) is 7.11 Å². The maximum atomic E-state index is 13.1. The minimum Gasteiger partial charge on any atom is -0.465 e. The summed E-state index contributed by atoms with van der Waals surface area (Å²) in [7, 11) is 1.26. The molecule has 0 amide bonds. The predicted molar refractivity (Wildman–Crippen MR) is 113 cm³/mol. The van der Waals surface area contributed by atoms with Gasteiger partial charge < -0.3 is 9.64 Å². The fraction of sp³-hybridized carbons (Fsp3) is 0.182. The molecule has 4 nitrogen and oxygen atoms in total. The molecule has 0 radical (unpaired) electrons. The van der Waals surface area contributed by atoms with Gasteiger partial charge in [-0.05, 0) is 67.8 Å². The highest BCUT2D eigenvalue weighted by Crippen LogP contribution is 2.37. The summed E-state index contributed by atoms with van der Waals surface area (Å²) in [5, 5.41) is 0.914. The van der Waals surface area contributed by atoms with Gasteiger partial charge in [-0.3, -0.25) is 4.79 Å². The summed E-state index contributed by atoms with van der Waals surface area (Å²) in [4.78, 5) is 27.1. The second-order valence-electron chi connectivity index (χ2n) is 6.58. The largest absolute Gasteiger partial charge is 0.465 e. The number of hydrogen-bond donors (Lipinski definition) is 0. The Balaban J connectivity index is 2.21. The van der Waals surface area contributed by atoms with Crippen LogP contribution in [0.2, 0.25) is 10.0 Å². The zero-order valence-corrected chi connectivity index (χ0v) is 17.5. The number of esters is 1. The van der Waals surface area contributed by atoms with Gasteiger partial charge in [-0.2, -0.15) is 0 Å². The van der Waals surface area contributed by atoms with E-state index < -0.39 is 11.8 Å². The Morgan fingerprint density at radius 2 is 1.75 bits per heavy atom. The Morgan fingerprint density at radius 1 is 1.04 bits per heavy atom. The number of halogens is 2. The minimum atomic E-state index is -0.665. The Kier molecular flexibility index (Phi) is 5.64. The summed E-state index contributed by atoms with van der Waals surface area (Å²) >= 11 is 12.3. The molecule has 2 aromatic rings. The smallest absolute Gasteiger partial charge is 0.343 e. The second-order valence-corrected chi connectivity index (χ2v) is 7.42. The topological polar surface area (TPSA) is 46.6 Å². The lowest BCUT2D eigenvalue weighted by Gasteiger charge is -2.22. The van der Waals surface area contributed by atoms with E-state index in [9.17, 15) is 9.59 Å². The van der Waals surface area contributed by atoms with Crippen molar-refractivity contribution >= 4 is 46.7 Å². The number of aryl methyl sites for hydroxylation is 2. The molecule has 144 valence electrons. The van der Waals surface area contributed by atoms with E-state index in [0.717, 1.165) is 16.8 Å². The van der Waals surface area contributed by atoms with E-state index in [-0.39, 0.29) is 5.57 Å². The summed E-state index contributed by atoms with van der Waals surface area (Å²) < 4.78 is 4.82. The van der Waals surface area contributed by atoms with Crippen LogP contribution < -0.4 is 4.90 Å². The predicted octanol–water partition coefficient (Wildman–Crippen LogP) is 5.49. The second kappa shape index (κ2) is 7.82. The Labute approximate surface area is 174 Å². The van der Waals surface area contributed by atoms with Crippen LogP contribution in [-0.2, 0) is 14.3 Å². The standard InChI is InChI=1S/C22H19Cl2NO3/c1-12-5-8-17(9-13(12)2)25-14(3)20(22(27)28-4)21(26)19(25)10-15-6-7-16(23)11-18(15)24/h5-11H,1-4H3/b19-10+. The van der Waals surface area contributed by atoms with Gasteiger partial charge in [0.15, 0.2) is 0 Å². The molecule has 0 aromatic heterocycles. The van der Waals surface area contributed by atoms with Crippen molar-refractivity contribution in [3.63, 3.8) is 0 Å². The highest BCUT2D eigenvalue weighted by molar-refractivity contribution is 6.36. The average Bonchev–Trinajstić information content (AvgIpc) is 2.89. The molecule has 0 unspecified atom stereocenters. The molecule has 6 heteroatoms. The molecule has 0 atom stereocenters. The van der Waals surface area contributed by atoms with Gasteiger partial charge in [-0.15, -0.1) is 0 Å². The maximum absolute atomic E-state index is 13.1. The first-order valence-corrected chi connectivity index (χ1v) is 9.38. The third-order valence-corrected chi connectivity index (χ3v) is 5.35. The van der Waals surface area contributed by atoms with Crippen molar-refractivity contribution in [2.75, 3.05) is 12.0 Å². The summed E-state index contributed by atoms with van der Waals surface area (Å²) in [5.41, 5.74) is 4.47. The molecule has 1 aliphatic heterocycles. The molecule has 0 spiro atoms. The van der Waals surface area contributed by atoms with Crippen LogP contribution >= 0.6 is 23.2 Å². The van der Waals surface area contributed by atoms with Crippen LogP contribution in [-0.4, -0.2) is 18.9 Å². The lowest BCUT2D eigenvalue weighted by Crippen LogP contribution is -2.18. The van der Waals surface area contributed by atoms with Gasteiger partial charge in [0.25, 0.3) is 0 Å². The Bertz CT molecular complexity index is 1050. The van der Waals surface area contributed by atoms with Crippen LogP contribution in [0, 0.1) is 13.8 Å². The van der Waals surface area contributed by atoms with Crippen molar-refractivity contribution in [2.24, 2.45) is 0 Å². The molecule has 28 heavy (non-hydrogen) atoms. The van der Waals surface area contributed by atoms with Crippen molar-refractivity contribution in [3.8, 4) is 0 Å². The van der Waals surface area contributed by atoms with Crippen LogP contribution in [0.1, 0.15) is 23.6 Å². The zero-order chi connectivity index (χ0) is 20.6. The summed E-state index contributed by atoms with van der Waals surface area (Å²) in [6.45, 7) is 5.74. The maximum Gasteiger partial charge on any atom is 0.343 e. The van der Waals surface area contributed by atoms with Crippen molar-refractivity contribution in [1.82, 2.24) is 0 Å². The van der Waals surface area contributed by atoms with E-state index in [1.807, 2.05) is 32.0 Å². The van der Waals surface area contributed by atoms with Crippen molar-refractivity contribution < 1.29 is 14.3 Å². The van der Waals surface area contributed by atoms with E-state index in [0.29, 0.717) is 27.0 Å². The molecule has 0 saturated carbocycles. The van der Waals surface area contributed by atoms with Gasteiger partial charge in [0.1, 0.15) is 5.57 Å². The number of methoxy groups -OCH3 is 1. The number of nitrogens with zero attached hydrogens (tertiary/aromatic N) is 1. The Hall–Kier alpha value is -2.56.